The lowest BCUT2D eigenvalue weighted by Gasteiger charge is -2.34. The van der Waals surface area contributed by atoms with Gasteiger partial charge in [-0.1, -0.05) is 48.5 Å². The van der Waals surface area contributed by atoms with Crippen molar-refractivity contribution in [1.82, 2.24) is 9.21 Å². The molecule has 28 heavy (non-hydrogen) atoms. The van der Waals surface area contributed by atoms with E-state index in [0.29, 0.717) is 26.2 Å². The molecule has 0 aliphatic carbocycles. The van der Waals surface area contributed by atoms with Gasteiger partial charge in [-0.2, -0.15) is 4.31 Å². The highest BCUT2D eigenvalue weighted by Gasteiger charge is 2.29. The third-order valence-electron chi connectivity index (χ3n) is 4.55. The van der Waals surface area contributed by atoms with E-state index in [0.717, 1.165) is 10.5 Å². The van der Waals surface area contributed by atoms with Crippen LogP contribution in [0.5, 0.6) is 0 Å². The van der Waals surface area contributed by atoms with E-state index in [-0.39, 0.29) is 11.2 Å². The first-order chi connectivity index (χ1) is 13.5. The van der Waals surface area contributed by atoms with Crippen LogP contribution in [0.15, 0.2) is 71.0 Å². The summed E-state index contributed by atoms with van der Waals surface area (Å²) in [4.78, 5) is 15.5. The smallest absolute Gasteiger partial charge is 0.236 e. The number of rotatable bonds is 6. The second kappa shape index (κ2) is 9.41. The molecule has 0 saturated carbocycles. The summed E-state index contributed by atoms with van der Waals surface area (Å²) in [5.41, 5.74) is 0.839. The fraction of sp³-hybridized carbons (Fsp3) is 0.286. The minimum Gasteiger partial charge on any atom is -0.339 e. The SMILES string of the molecule is CC(Sc1ccccc1)C(=O)N1CCN(S(=O)(=O)/C=C/c2ccccc2)CC1. The summed E-state index contributed by atoms with van der Waals surface area (Å²) in [5, 5.41) is 1.04. The average Bonchev–Trinajstić information content (AvgIpc) is 2.73. The number of thioether (sulfide) groups is 1. The Kier molecular flexibility index (Phi) is 6.93. The lowest BCUT2D eigenvalue weighted by molar-refractivity contribution is -0.131. The normalized spacial score (nSPS) is 17.0. The Balaban J connectivity index is 1.54. The standard InChI is InChI=1S/C21H24N2O3S2/c1-18(27-20-10-6-3-7-11-20)21(24)22-13-15-23(16-14-22)28(25,26)17-12-19-8-4-2-5-9-19/h2-12,17-18H,13-16H2,1H3/b17-12+. The molecule has 0 spiro atoms. The molecule has 1 unspecified atom stereocenters. The Morgan fingerprint density at radius 3 is 2.14 bits per heavy atom. The van der Waals surface area contributed by atoms with Crippen LogP contribution in [0.3, 0.4) is 0 Å². The van der Waals surface area contributed by atoms with Crippen LogP contribution in [0.4, 0.5) is 0 Å². The minimum atomic E-state index is -3.49. The van der Waals surface area contributed by atoms with Crippen molar-refractivity contribution in [3.63, 3.8) is 0 Å². The number of piperazine rings is 1. The number of hydrogen-bond acceptors (Lipinski definition) is 4. The van der Waals surface area contributed by atoms with Gasteiger partial charge < -0.3 is 4.90 Å². The molecular formula is C21H24N2O3S2. The molecule has 1 saturated heterocycles. The van der Waals surface area contributed by atoms with Crippen molar-refractivity contribution < 1.29 is 13.2 Å². The second-order valence-electron chi connectivity index (χ2n) is 6.56. The molecule has 0 aromatic heterocycles. The van der Waals surface area contributed by atoms with E-state index in [1.165, 1.54) is 21.5 Å². The summed E-state index contributed by atoms with van der Waals surface area (Å²) in [6, 6.07) is 19.1. The molecule has 1 fully saturated rings. The van der Waals surface area contributed by atoms with Crippen LogP contribution in [-0.2, 0) is 14.8 Å². The lowest BCUT2D eigenvalue weighted by atomic mass is 10.2. The largest absolute Gasteiger partial charge is 0.339 e. The van der Waals surface area contributed by atoms with Crippen LogP contribution in [0.2, 0.25) is 0 Å². The number of hydrogen-bond donors (Lipinski definition) is 0. The Morgan fingerprint density at radius 1 is 0.964 bits per heavy atom. The zero-order valence-corrected chi connectivity index (χ0v) is 17.4. The third-order valence-corrected chi connectivity index (χ3v) is 7.21. The van der Waals surface area contributed by atoms with Gasteiger partial charge in [0.1, 0.15) is 0 Å². The van der Waals surface area contributed by atoms with E-state index in [4.69, 9.17) is 0 Å². The van der Waals surface area contributed by atoms with Crippen molar-refractivity contribution in [2.75, 3.05) is 26.2 Å². The van der Waals surface area contributed by atoms with Crippen molar-refractivity contribution in [3.8, 4) is 0 Å². The molecule has 7 heteroatoms. The van der Waals surface area contributed by atoms with Crippen molar-refractivity contribution in [2.24, 2.45) is 0 Å². The zero-order chi connectivity index (χ0) is 20.0. The molecule has 0 bridgehead atoms. The summed E-state index contributed by atoms with van der Waals surface area (Å²) >= 11 is 1.52. The number of sulfonamides is 1. The second-order valence-corrected chi connectivity index (χ2v) is 9.79. The average molecular weight is 417 g/mol. The minimum absolute atomic E-state index is 0.0470. The van der Waals surface area contributed by atoms with Gasteiger partial charge in [0.25, 0.3) is 0 Å². The molecule has 2 aromatic carbocycles. The van der Waals surface area contributed by atoms with Crippen molar-refractivity contribution in [3.05, 3.63) is 71.6 Å². The molecular weight excluding hydrogens is 392 g/mol. The van der Waals surface area contributed by atoms with Gasteiger partial charge in [-0.15, -0.1) is 11.8 Å². The van der Waals surface area contributed by atoms with Crippen LogP contribution in [0, 0.1) is 0 Å². The van der Waals surface area contributed by atoms with E-state index in [1.807, 2.05) is 67.6 Å². The maximum Gasteiger partial charge on any atom is 0.236 e. The van der Waals surface area contributed by atoms with Crippen molar-refractivity contribution in [2.45, 2.75) is 17.1 Å². The van der Waals surface area contributed by atoms with E-state index in [9.17, 15) is 13.2 Å². The highest BCUT2D eigenvalue weighted by Crippen LogP contribution is 2.24. The van der Waals surface area contributed by atoms with Crippen molar-refractivity contribution in [1.29, 1.82) is 0 Å². The molecule has 0 radical (unpaired) electrons. The predicted molar refractivity (Wildman–Crippen MR) is 114 cm³/mol. The predicted octanol–water partition coefficient (Wildman–Crippen LogP) is 3.31. The van der Waals surface area contributed by atoms with E-state index in [2.05, 4.69) is 0 Å². The molecule has 1 atom stereocenters. The van der Waals surface area contributed by atoms with Crippen LogP contribution in [0.25, 0.3) is 6.08 Å². The van der Waals surface area contributed by atoms with Gasteiger partial charge in [-0.05, 0) is 30.7 Å². The fourth-order valence-electron chi connectivity index (χ4n) is 2.99. The summed E-state index contributed by atoms with van der Waals surface area (Å²) < 4.78 is 26.5. The number of amides is 1. The van der Waals surface area contributed by atoms with Gasteiger partial charge in [0.05, 0.1) is 5.25 Å². The van der Waals surface area contributed by atoms with Crippen molar-refractivity contribution >= 4 is 33.8 Å². The molecule has 1 heterocycles. The van der Waals surface area contributed by atoms with E-state index in [1.54, 1.807) is 11.0 Å². The maximum absolute atomic E-state index is 12.7. The van der Waals surface area contributed by atoms with Crippen LogP contribution in [-0.4, -0.2) is 55.0 Å². The first-order valence-electron chi connectivity index (χ1n) is 9.19. The molecule has 0 N–H and O–H groups in total. The topological polar surface area (TPSA) is 57.7 Å². The lowest BCUT2D eigenvalue weighted by Crippen LogP contribution is -2.51. The van der Waals surface area contributed by atoms with Gasteiger partial charge in [0.2, 0.25) is 15.9 Å². The molecule has 1 aliphatic rings. The summed E-state index contributed by atoms with van der Waals surface area (Å²) in [7, 11) is -3.49. The van der Waals surface area contributed by atoms with Crippen LogP contribution in [0.1, 0.15) is 12.5 Å². The monoisotopic (exact) mass is 416 g/mol. The Morgan fingerprint density at radius 2 is 1.54 bits per heavy atom. The molecule has 2 aromatic rings. The zero-order valence-electron chi connectivity index (χ0n) is 15.8. The van der Waals surface area contributed by atoms with Gasteiger partial charge in [-0.3, -0.25) is 4.79 Å². The van der Waals surface area contributed by atoms with Gasteiger partial charge in [0, 0.05) is 36.5 Å². The number of carbonyl (C=O) groups is 1. The van der Waals surface area contributed by atoms with Gasteiger partial charge in [-0.25, -0.2) is 8.42 Å². The molecule has 5 nitrogen and oxygen atoms in total. The number of nitrogens with zero attached hydrogens (tertiary/aromatic N) is 2. The summed E-state index contributed by atoms with van der Waals surface area (Å²) in [6.45, 7) is 3.35. The number of carbonyl (C=O) groups excluding carboxylic acids is 1. The number of benzene rings is 2. The van der Waals surface area contributed by atoms with Gasteiger partial charge in [0.15, 0.2) is 0 Å². The third kappa shape index (κ3) is 5.47. The fourth-order valence-corrected chi connectivity index (χ4v) is 5.13. The molecule has 3 rings (SSSR count). The molecule has 1 amide bonds. The first kappa shape index (κ1) is 20.6. The van der Waals surface area contributed by atoms with Gasteiger partial charge >= 0.3 is 0 Å². The quantitative estimate of drug-likeness (QED) is 0.678. The highest BCUT2D eigenvalue weighted by molar-refractivity contribution is 8.00. The van der Waals surface area contributed by atoms with Crippen LogP contribution >= 0.6 is 11.8 Å². The van der Waals surface area contributed by atoms with Crippen LogP contribution < -0.4 is 0 Å². The Bertz CT molecular complexity index is 907. The Hall–Kier alpha value is -2.09. The summed E-state index contributed by atoms with van der Waals surface area (Å²) in [6.07, 6.45) is 1.60. The maximum atomic E-state index is 12.7. The van der Waals surface area contributed by atoms with E-state index >= 15 is 0 Å². The molecule has 148 valence electrons. The first-order valence-corrected chi connectivity index (χ1v) is 11.6. The summed E-state index contributed by atoms with van der Waals surface area (Å²) in [5.74, 6) is 0.0470. The Labute approximate surface area is 171 Å². The highest BCUT2D eigenvalue weighted by atomic mass is 32.2. The molecule has 1 aliphatic heterocycles. The van der Waals surface area contributed by atoms with E-state index < -0.39 is 10.0 Å².